The molecule has 0 spiro atoms. The number of aromatic nitrogens is 2. The summed E-state index contributed by atoms with van der Waals surface area (Å²) < 4.78 is 83.2. The van der Waals surface area contributed by atoms with Gasteiger partial charge in [-0.2, -0.15) is 18.4 Å². The Morgan fingerprint density at radius 2 is 1.73 bits per heavy atom. The highest BCUT2D eigenvalue weighted by molar-refractivity contribution is 7.81. The number of thiazole rings is 1. The highest BCUT2D eigenvalue weighted by atomic mass is 32.1. The number of hydrogen-bond donors (Lipinski definition) is 3. The number of rotatable bonds is 16. The molecule has 0 bridgehead atoms. The van der Waals surface area contributed by atoms with Gasteiger partial charge in [0.05, 0.1) is 70.3 Å². The van der Waals surface area contributed by atoms with Crippen molar-refractivity contribution in [3.63, 3.8) is 0 Å². The fourth-order valence-electron chi connectivity index (χ4n) is 8.51. The van der Waals surface area contributed by atoms with Crippen molar-refractivity contribution in [1.29, 1.82) is 5.26 Å². The molecule has 2 aliphatic heterocycles. The smallest absolute Gasteiger partial charge is 0.420 e. The molecule has 2 saturated heterocycles. The summed E-state index contributed by atoms with van der Waals surface area (Å²) in [6.07, 6.45) is -4.55. The van der Waals surface area contributed by atoms with Crippen molar-refractivity contribution in [3.8, 4) is 33.5 Å². The quantitative estimate of drug-likeness (QED) is 0.0494. The number of carbonyl (C=O) groups excluding carboxylic acids is 4. The average molecular weight is 1050 g/mol. The van der Waals surface area contributed by atoms with E-state index in [1.807, 2.05) is 31.2 Å². The maximum absolute atomic E-state index is 15.4. The number of anilines is 2. The third kappa shape index (κ3) is 11.6. The number of alkyl halides is 3. The van der Waals surface area contributed by atoms with E-state index in [1.165, 1.54) is 60.2 Å². The summed E-state index contributed by atoms with van der Waals surface area (Å²) in [7, 11) is 0. The maximum Gasteiger partial charge on any atom is 0.420 e. The Bertz CT molecular complexity index is 2960. The standard InChI is InChI=1S/C51H51F5N8O7S2/c1-28-43(73-27-60-28)30-10-8-29(9-11-30)23-59-45(67)38-21-34(65)25-62(38)46(68)44(49(2,3)4)61-40(66)26-70-18-7-19-71-39-17-13-31(20-35(39)52)36-15-14-33(24-58-36)64-48(72)63(47(69)50(64,5)6)37-16-12-32(22-57)41(42(37)53)51(54,55)56/h8-17,20,24,27,34,38,44,65H,7,18-19,21,23,25-26H2,1-6H3,(H,59,67)(H,61,66)/t34-,38+,44-/m1/s1. The third-order valence-corrected chi connectivity index (χ3v) is 13.6. The Kier molecular flexibility index (Phi) is 16.0. The molecule has 3 aromatic carbocycles. The van der Waals surface area contributed by atoms with E-state index >= 15 is 8.78 Å². The highest BCUT2D eigenvalue weighted by Crippen LogP contribution is 2.42. The number of benzene rings is 3. The van der Waals surface area contributed by atoms with Gasteiger partial charge in [0.25, 0.3) is 5.91 Å². The van der Waals surface area contributed by atoms with Crippen LogP contribution in [0.5, 0.6) is 5.75 Å². The molecule has 3 N–H and O–H groups in total. The average Bonchev–Trinajstić information content (AvgIpc) is 4.00. The number of carbonyl (C=O) groups is 4. The Morgan fingerprint density at radius 1 is 1.01 bits per heavy atom. The van der Waals surface area contributed by atoms with Crippen molar-refractivity contribution in [2.45, 2.75) is 90.8 Å². The lowest BCUT2D eigenvalue weighted by atomic mass is 9.85. The van der Waals surface area contributed by atoms with Gasteiger partial charge < -0.3 is 35.0 Å². The first-order valence-electron chi connectivity index (χ1n) is 22.9. The van der Waals surface area contributed by atoms with Gasteiger partial charge in [-0.3, -0.25) is 29.1 Å². The van der Waals surface area contributed by atoms with Crippen LogP contribution in [0.1, 0.15) is 69.8 Å². The Balaban J connectivity index is 0.881. The van der Waals surface area contributed by atoms with E-state index in [4.69, 9.17) is 21.7 Å². The van der Waals surface area contributed by atoms with Crippen LogP contribution < -0.4 is 25.2 Å². The lowest BCUT2D eigenvalue weighted by Crippen LogP contribution is -2.58. The van der Waals surface area contributed by atoms with E-state index in [9.17, 15) is 42.7 Å². The molecule has 73 heavy (non-hydrogen) atoms. The fourth-order valence-corrected chi connectivity index (χ4v) is 9.83. The van der Waals surface area contributed by atoms with E-state index in [0.717, 1.165) is 33.8 Å². The number of nitrogens with one attached hydrogen (secondary N) is 2. The molecule has 5 aromatic rings. The largest absolute Gasteiger partial charge is 0.490 e. The van der Waals surface area contributed by atoms with Gasteiger partial charge in [-0.25, -0.2) is 13.8 Å². The van der Waals surface area contributed by atoms with E-state index < -0.39 is 94.0 Å². The Labute approximate surface area is 426 Å². The summed E-state index contributed by atoms with van der Waals surface area (Å²) >= 11 is 7.04. The number of nitrogens with zero attached hydrogens (tertiary/aromatic N) is 6. The van der Waals surface area contributed by atoms with Crippen molar-refractivity contribution < 1.29 is 55.7 Å². The molecular formula is C51H51F5N8O7S2. The van der Waals surface area contributed by atoms with Crippen LogP contribution in [-0.4, -0.2) is 98.8 Å². The number of likely N-dealkylation sites (tertiary alicyclic amines) is 1. The van der Waals surface area contributed by atoms with Crippen LogP contribution in [0, 0.1) is 35.3 Å². The summed E-state index contributed by atoms with van der Waals surface area (Å²) in [5.41, 5.74) is -0.389. The molecule has 3 atom stereocenters. The SMILES string of the molecule is Cc1ncsc1-c1ccc(CNC(=O)[C@@H]2C[C@@H](O)CN2C(=O)[C@@H](NC(=O)COCCCOc2ccc(-c3ccc(N4C(=S)N(c5ccc(C#N)c(C(F)(F)F)c5F)C(=O)C4(C)C)cn3)cc2F)C(C)(C)C)cc1. The third-order valence-electron chi connectivity index (χ3n) is 12.3. The normalized spacial score (nSPS) is 17.2. The van der Waals surface area contributed by atoms with Crippen LogP contribution >= 0.6 is 23.6 Å². The van der Waals surface area contributed by atoms with Crippen molar-refractivity contribution in [1.82, 2.24) is 25.5 Å². The van der Waals surface area contributed by atoms with Crippen LogP contribution in [0.4, 0.5) is 33.3 Å². The number of thiocarbonyl (C=S) groups is 1. The first-order valence-corrected chi connectivity index (χ1v) is 24.2. The van der Waals surface area contributed by atoms with Gasteiger partial charge in [0.1, 0.15) is 29.8 Å². The van der Waals surface area contributed by atoms with E-state index in [-0.39, 0.29) is 55.7 Å². The second kappa shape index (κ2) is 21.7. The van der Waals surface area contributed by atoms with Crippen molar-refractivity contribution in [3.05, 3.63) is 112 Å². The minimum Gasteiger partial charge on any atom is -0.490 e. The predicted molar refractivity (Wildman–Crippen MR) is 265 cm³/mol. The molecule has 15 nitrogen and oxygen atoms in total. The molecule has 4 amide bonds. The molecule has 384 valence electrons. The van der Waals surface area contributed by atoms with Gasteiger partial charge in [0.2, 0.25) is 17.7 Å². The van der Waals surface area contributed by atoms with Crippen LogP contribution in [0.25, 0.3) is 21.7 Å². The molecule has 0 unspecified atom stereocenters. The van der Waals surface area contributed by atoms with Gasteiger partial charge in [0, 0.05) is 31.5 Å². The van der Waals surface area contributed by atoms with E-state index in [1.54, 1.807) is 43.7 Å². The summed E-state index contributed by atoms with van der Waals surface area (Å²) in [5, 5.41) is 25.0. The predicted octanol–water partition coefficient (Wildman–Crippen LogP) is 7.86. The van der Waals surface area contributed by atoms with Crippen molar-refractivity contribution in [2.75, 3.05) is 36.2 Å². The van der Waals surface area contributed by atoms with Gasteiger partial charge in [0.15, 0.2) is 22.5 Å². The second-order valence-electron chi connectivity index (χ2n) is 19.0. The molecular weight excluding hydrogens is 996 g/mol. The van der Waals surface area contributed by atoms with Crippen LogP contribution in [0.2, 0.25) is 0 Å². The lowest BCUT2D eigenvalue weighted by molar-refractivity contribution is -0.144. The molecule has 2 fully saturated rings. The fraction of sp³-hybridized carbons (Fsp3) is 0.373. The highest BCUT2D eigenvalue weighted by Gasteiger charge is 2.52. The Morgan fingerprint density at radius 3 is 2.34 bits per heavy atom. The molecule has 0 saturated carbocycles. The molecule has 22 heteroatoms. The minimum atomic E-state index is -5.23. The summed E-state index contributed by atoms with van der Waals surface area (Å²) in [6.45, 7) is 9.91. The molecule has 4 heterocycles. The topological polar surface area (TPSA) is 190 Å². The summed E-state index contributed by atoms with van der Waals surface area (Å²) in [5.74, 6) is -4.98. The second-order valence-corrected chi connectivity index (χ2v) is 20.2. The van der Waals surface area contributed by atoms with Crippen LogP contribution in [0.3, 0.4) is 0 Å². The number of ether oxygens (including phenoxy) is 2. The van der Waals surface area contributed by atoms with E-state index in [0.29, 0.717) is 16.2 Å². The molecule has 2 aliphatic rings. The number of halogens is 5. The van der Waals surface area contributed by atoms with Gasteiger partial charge in [-0.1, -0.05) is 45.0 Å². The zero-order valence-corrected chi connectivity index (χ0v) is 42.1. The molecule has 0 radical (unpaired) electrons. The number of β-amino-alcohol motifs (C(OH)–C–C–N with tert-alkyl or cyclic N) is 1. The minimum absolute atomic E-state index is 0.0116. The number of aliphatic hydroxyl groups is 1. The number of aliphatic hydroxyl groups excluding tert-OH is 1. The molecule has 2 aromatic heterocycles. The molecule has 0 aliphatic carbocycles. The first kappa shape index (κ1) is 53.9. The number of nitriles is 1. The first-order chi connectivity index (χ1) is 34.4. The van der Waals surface area contributed by atoms with Gasteiger partial charge >= 0.3 is 6.18 Å². The number of amides is 4. The summed E-state index contributed by atoms with van der Waals surface area (Å²) in [4.78, 5) is 67.1. The number of pyridine rings is 1. The van der Waals surface area contributed by atoms with Crippen molar-refractivity contribution >= 4 is 63.7 Å². The number of aryl methyl sites for hydroxylation is 1. The Hall–Kier alpha value is -6.93. The lowest BCUT2D eigenvalue weighted by Gasteiger charge is -2.35. The van der Waals surface area contributed by atoms with Gasteiger partial charge in [-0.05, 0) is 92.0 Å². The van der Waals surface area contributed by atoms with Gasteiger partial charge in [-0.15, -0.1) is 11.3 Å². The number of hydrogen-bond acceptors (Lipinski definition) is 12. The monoisotopic (exact) mass is 1050 g/mol. The zero-order chi connectivity index (χ0) is 53.2. The van der Waals surface area contributed by atoms with Crippen LogP contribution in [-0.2, 0) is 36.6 Å². The van der Waals surface area contributed by atoms with E-state index in [2.05, 4.69) is 20.6 Å². The van der Waals surface area contributed by atoms with Crippen LogP contribution in [0.15, 0.2) is 78.4 Å². The zero-order valence-electron chi connectivity index (χ0n) is 40.5. The molecule has 7 rings (SSSR count). The maximum atomic E-state index is 15.4. The van der Waals surface area contributed by atoms with Crippen molar-refractivity contribution in [2.24, 2.45) is 5.41 Å². The summed E-state index contributed by atoms with van der Waals surface area (Å²) in [6, 6.07) is 15.8.